The summed E-state index contributed by atoms with van der Waals surface area (Å²) in [6.45, 7) is 4.98. The number of nitrogens with zero attached hydrogens (tertiary/aromatic N) is 1. The van der Waals surface area contributed by atoms with E-state index in [1.807, 2.05) is 30.3 Å². The summed E-state index contributed by atoms with van der Waals surface area (Å²) in [6, 6.07) is 14.0. The summed E-state index contributed by atoms with van der Waals surface area (Å²) in [5.74, 6) is 5.09. The van der Waals surface area contributed by atoms with E-state index in [-0.39, 0.29) is 18.0 Å². The molecule has 1 heterocycles. The van der Waals surface area contributed by atoms with Crippen molar-refractivity contribution in [2.45, 2.75) is 43.4 Å². The van der Waals surface area contributed by atoms with Crippen molar-refractivity contribution < 1.29 is 27.8 Å². The van der Waals surface area contributed by atoms with Crippen molar-refractivity contribution in [1.82, 2.24) is 4.31 Å². The van der Waals surface area contributed by atoms with E-state index < -0.39 is 33.7 Å². The van der Waals surface area contributed by atoms with Crippen LogP contribution >= 0.6 is 0 Å². The van der Waals surface area contributed by atoms with Gasteiger partial charge in [0.2, 0.25) is 10.0 Å². The average molecular weight is 444 g/mol. The van der Waals surface area contributed by atoms with Gasteiger partial charge in [0.1, 0.15) is 12.4 Å². The SMILES string of the molecule is CC1CN(S(=O)(=O)c2ccc(OCC#Cc3ccccc3)cc2)C(C(=O)O)C(C)(C)O1. The van der Waals surface area contributed by atoms with Crippen molar-refractivity contribution in [3.8, 4) is 17.6 Å². The predicted molar refractivity (Wildman–Crippen MR) is 115 cm³/mol. The topological polar surface area (TPSA) is 93.1 Å². The van der Waals surface area contributed by atoms with Gasteiger partial charge in [-0.3, -0.25) is 4.79 Å². The van der Waals surface area contributed by atoms with Gasteiger partial charge in [0.25, 0.3) is 0 Å². The van der Waals surface area contributed by atoms with Crippen LogP contribution in [0.1, 0.15) is 26.3 Å². The Labute approximate surface area is 182 Å². The van der Waals surface area contributed by atoms with Crippen molar-refractivity contribution in [1.29, 1.82) is 0 Å². The zero-order valence-corrected chi connectivity index (χ0v) is 18.4. The third-order valence-corrected chi connectivity index (χ3v) is 6.72. The largest absolute Gasteiger partial charge is 0.481 e. The number of hydrogen-bond acceptors (Lipinski definition) is 5. The molecule has 1 saturated heterocycles. The van der Waals surface area contributed by atoms with Gasteiger partial charge in [0, 0.05) is 12.1 Å². The Morgan fingerprint density at radius 1 is 1.19 bits per heavy atom. The number of ether oxygens (including phenoxy) is 2. The molecule has 2 aromatic rings. The molecular weight excluding hydrogens is 418 g/mol. The van der Waals surface area contributed by atoms with E-state index in [9.17, 15) is 18.3 Å². The third-order valence-electron chi connectivity index (χ3n) is 4.87. The van der Waals surface area contributed by atoms with Gasteiger partial charge in [0.05, 0.1) is 16.6 Å². The number of rotatable bonds is 5. The van der Waals surface area contributed by atoms with Gasteiger partial charge in [-0.05, 0) is 57.2 Å². The van der Waals surface area contributed by atoms with Gasteiger partial charge in [-0.25, -0.2) is 8.42 Å². The standard InChI is InChI=1S/C23H25NO6S/c1-17-16-24(21(22(25)26)23(2,3)30-17)31(27,28)20-13-11-19(12-14-20)29-15-7-10-18-8-5-4-6-9-18/h4-6,8-9,11-14,17,21H,15-16H2,1-3H3,(H,25,26). The minimum atomic E-state index is -4.05. The molecule has 31 heavy (non-hydrogen) atoms. The molecule has 0 bridgehead atoms. The monoisotopic (exact) mass is 443 g/mol. The minimum absolute atomic E-state index is 0.00799. The highest BCUT2D eigenvalue weighted by molar-refractivity contribution is 7.89. The van der Waals surface area contributed by atoms with Gasteiger partial charge >= 0.3 is 5.97 Å². The molecule has 2 aromatic carbocycles. The number of carboxylic acid groups (broad SMARTS) is 1. The molecule has 2 atom stereocenters. The number of morpholine rings is 1. The average Bonchev–Trinajstić information content (AvgIpc) is 2.70. The molecule has 164 valence electrons. The lowest BCUT2D eigenvalue weighted by molar-refractivity contribution is -0.174. The van der Waals surface area contributed by atoms with Crippen LogP contribution in [-0.4, -0.2) is 54.7 Å². The molecular formula is C23H25NO6S. The summed E-state index contributed by atoms with van der Waals surface area (Å²) in [7, 11) is -4.05. The zero-order valence-electron chi connectivity index (χ0n) is 17.6. The molecule has 8 heteroatoms. The molecule has 1 aliphatic heterocycles. The number of carbonyl (C=O) groups is 1. The molecule has 0 radical (unpaired) electrons. The minimum Gasteiger partial charge on any atom is -0.481 e. The Hall–Kier alpha value is -2.86. The summed E-state index contributed by atoms with van der Waals surface area (Å²) >= 11 is 0. The normalized spacial score (nSPS) is 21.0. The van der Waals surface area contributed by atoms with E-state index in [4.69, 9.17) is 9.47 Å². The lowest BCUT2D eigenvalue weighted by atomic mass is 9.96. The van der Waals surface area contributed by atoms with Crippen LogP contribution in [0.3, 0.4) is 0 Å². The van der Waals surface area contributed by atoms with E-state index in [1.165, 1.54) is 24.3 Å². The number of hydrogen-bond donors (Lipinski definition) is 1. The van der Waals surface area contributed by atoms with Crippen molar-refractivity contribution in [2.75, 3.05) is 13.2 Å². The van der Waals surface area contributed by atoms with Gasteiger partial charge in [-0.15, -0.1) is 0 Å². The Morgan fingerprint density at radius 3 is 2.45 bits per heavy atom. The first-order chi connectivity index (χ1) is 14.6. The van der Waals surface area contributed by atoms with Gasteiger partial charge in [0.15, 0.2) is 6.04 Å². The highest BCUT2D eigenvalue weighted by Crippen LogP contribution is 2.33. The number of carboxylic acids is 1. The Bertz CT molecular complexity index is 1080. The quantitative estimate of drug-likeness (QED) is 0.715. The maximum Gasteiger partial charge on any atom is 0.325 e. The van der Waals surface area contributed by atoms with Crippen molar-refractivity contribution in [2.24, 2.45) is 0 Å². The maximum atomic E-state index is 13.2. The highest BCUT2D eigenvalue weighted by Gasteiger charge is 2.50. The van der Waals surface area contributed by atoms with E-state index in [2.05, 4.69) is 11.8 Å². The Kier molecular flexibility index (Phi) is 6.70. The second kappa shape index (κ2) is 9.10. The molecule has 0 saturated carbocycles. The van der Waals surface area contributed by atoms with Crippen LogP contribution in [0.25, 0.3) is 0 Å². The summed E-state index contributed by atoms with van der Waals surface area (Å²) in [5, 5.41) is 9.67. The van der Waals surface area contributed by atoms with Crippen LogP contribution in [0, 0.1) is 11.8 Å². The highest BCUT2D eigenvalue weighted by atomic mass is 32.2. The second-order valence-corrected chi connectivity index (χ2v) is 9.67. The van der Waals surface area contributed by atoms with E-state index in [0.717, 1.165) is 9.87 Å². The molecule has 0 aromatic heterocycles. The fourth-order valence-corrected chi connectivity index (χ4v) is 5.38. The van der Waals surface area contributed by atoms with Crippen LogP contribution < -0.4 is 4.74 Å². The molecule has 1 fully saturated rings. The molecule has 1 aliphatic rings. The Morgan fingerprint density at radius 2 is 1.84 bits per heavy atom. The van der Waals surface area contributed by atoms with Crippen LogP contribution in [0.15, 0.2) is 59.5 Å². The molecule has 3 rings (SSSR count). The zero-order chi connectivity index (χ0) is 22.6. The number of aliphatic carboxylic acids is 1. The molecule has 0 spiro atoms. The number of benzene rings is 2. The van der Waals surface area contributed by atoms with Crippen LogP contribution in [0.5, 0.6) is 5.75 Å². The van der Waals surface area contributed by atoms with E-state index in [1.54, 1.807) is 20.8 Å². The van der Waals surface area contributed by atoms with E-state index >= 15 is 0 Å². The smallest absolute Gasteiger partial charge is 0.325 e. The fraction of sp³-hybridized carbons (Fsp3) is 0.348. The first kappa shape index (κ1) is 22.8. The number of sulfonamides is 1. The molecule has 2 unspecified atom stereocenters. The van der Waals surface area contributed by atoms with Gasteiger partial charge < -0.3 is 14.6 Å². The lowest BCUT2D eigenvalue weighted by Gasteiger charge is -2.45. The van der Waals surface area contributed by atoms with Gasteiger partial charge in [-0.2, -0.15) is 4.31 Å². The maximum absolute atomic E-state index is 13.2. The Balaban J connectivity index is 1.74. The molecule has 0 amide bonds. The second-order valence-electron chi connectivity index (χ2n) is 7.78. The van der Waals surface area contributed by atoms with E-state index in [0.29, 0.717) is 5.75 Å². The summed E-state index contributed by atoms with van der Waals surface area (Å²) in [5.41, 5.74) is -0.292. The lowest BCUT2D eigenvalue weighted by Crippen LogP contribution is -2.63. The van der Waals surface area contributed by atoms with Crippen LogP contribution in [-0.2, 0) is 19.6 Å². The van der Waals surface area contributed by atoms with Crippen LogP contribution in [0.4, 0.5) is 0 Å². The van der Waals surface area contributed by atoms with Crippen LogP contribution in [0.2, 0.25) is 0 Å². The summed E-state index contributed by atoms with van der Waals surface area (Å²) in [6.07, 6.45) is -0.439. The first-order valence-corrected chi connectivity index (χ1v) is 11.2. The molecule has 7 nitrogen and oxygen atoms in total. The van der Waals surface area contributed by atoms with Crippen molar-refractivity contribution >= 4 is 16.0 Å². The summed E-state index contributed by atoms with van der Waals surface area (Å²) < 4.78 is 38.7. The summed E-state index contributed by atoms with van der Waals surface area (Å²) in [4.78, 5) is 11.8. The first-order valence-electron chi connectivity index (χ1n) is 9.80. The van der Waals surface area contributed by atoms with Gasteiger partial charge in [-0.1, -0.05) is 30.0 Å². The van der Waals surface area contributed by atoms with Crippen molar-refractivity contribution in [3.63, 3.8) is 0 Å². The predicted octanol–water partition coefficient (Wildman–Crippen LogP) is 2.76. The molecule has 1 N–H and O–H groups in total. The fourth-order valence-electron chi connectivity index (χ4n) is 3.61. The third kappa shape index (κ3) is 5.25. The van der Waals surface area contributed by atoms with Crippen molar-refractivity contribution in [3.05, 3.63) is 60.2 Å². The molecule has 0 aliphatic carbocycles.